The maximum Gasteiger partial charge on any atom is 0.266 e. The summed E-state index contributed by atoms with van der Waals surface area (Å²) in [5.74, 6) is 3.66. The molecule has 0 radical (unpaired) electrons. The summed E-state index contributed by atoms with van der Waals surface area (Å²) < 4.78 is 15.7. The van der Waals surface area contributed by atoms with E-state index in [-0.39, 0.29) is 6.71 Å². The average Bonchev–Trinajstić information content (AvgIpc) is 3.24. The van der Waals surface area contributed by atoms with Crippen LogP contribution in [-0.4, -0.2) is 11.3 Å². The Labute approximate surface area is 195 Å². The standard InChI is InChI=1S/C30H16BNO2/c1-2-7-17(8-3-1)18-13-15-25-28-30(18)34-24-16-14-20-19-9-4-5-10-21(19)32-22-11-6-12-23(33-25)26(22)31(28)27(24)29(20)32/h1-16H. The second kappa shape index (κ2) is 5.73. The molecule has 3 nitrogen and oxygen atoms in total. The van der Waals surface area contributed by atoms with E-state index < -0.39 is 0 Å². The molecule has 0 saturated heterocycles. The molecule has 4 heteroatoms. The van der Waals surface area contributed by atoms with Crippen LogP contribution in [0.4, 0.5) is 0 Å². The quantitative estimate of drug-likeness (QED) is 0.320. The summed E-state index contributed by atoms with van der Waals surface area (Å²) in [4.78, 5) is 0. The Balaban J connectivity index is 1.48. The molecule has 3 aliphatic heterocycles. The number of hydrogen-bond donors (Lipinski definition) is 0. The molecular weight excluding hydrogens is 417 g/mol. The molecule has 0 amide bonds. The Morgan fingerprint density at radius 3 is 2.29 bits per heavy atom. The molecule has 9 rings (SSSR count). The molecule has 0 atom stereocenters. The summed E-state index contributed by atoms with van der Waals surface area (Å²) >= 11 is 0. The second-order valence-corrected chi connectivity index (χ2v) is 9.27. The van der Waals surface area contributed by atoms with Gasteiger partial charge in [-0.15, -0.1) is 0 Å². The fourth-order valence-electron chi connectivity index (χ4n) is 6.35. The van der Waals surface area contributed by atoms with Crippen LogP contribution in [0.25, 0.3) is 38.6 Å². The van der Waals surface area contributed by atoms with Crippen molar-refractivity contribution in [1.29, 1.82) is 0 Å². The number of fused-ring (bicyclic) bond motifs is 4. The molecule has 156 valence electrons. The van der Waals surface area contributed by atoms with Crippen LogP contribution >= 0.6 is 0 Å². The SMILES string of the molecule is c1ccc(-c2ccc3c4c2Oc2ccc5c6ccccc6n6c5c2B4c2c(cccc2-6)O3)cc1. The zero-order valence-electron chi connectivity index (χ0n) is 18.1. The Hall–Kier alpha value is -4.44. The summed E-state index contributed by atoms with van der Waals surface area (Å²) in [5, 5.41) is 2.53. The Kier molecular flexibility index (Phi) is 2.88. The molecule has 0 unspecified atom stereocenters. The number of para-hydroxylation sites is 1. The van der Waals surface area contributed by atoms with Crippen molar-refractivity contribution in [2.75, 3.05) is 0 Å². The molecule has 1 aromatic heterocycles. The highest BCUT2D eigenvalue weighted by Gasteiger charge is 2.46. The lowest BCUT2D eigenvalue weighted by Gasteiger charge is -2.38. The first-order chi connectivity index (χ1) is 16.9. The van der Waals surface area contributed by atoms with Gasteiger partial charge in [0.25, 0.3) is 6.71 Å². The second-order valence-electron chi connectivity index (χ2n) is 9.27. The van der Waals surface area contributed by atoms with E-state index in [4.69, 9.17) is 9.47 Å². The van der Waals surface area contributed by atoms with E-state index in [1.807, 2.05) is 6.07 Å². The van der Waals surface area contributed by atoms with Crippen LogP contribution in [0, 0.1) is 0 Å². The summed E-state index contributed by atoms with van der Waals surface area (Å²) in [6.07, 6.45) is 0. The molecule has 6 aromatic rings. The number of benzene rings is 5. The van der Waals surface area contributed by atoms with Crippen molar-refractivity contribution in [3.05, 3.63) is 97.1 Å². The van der Waals surface area contributed by atoms with Crippen molar-refractivity contribution < 1.29 is 9.47 Å². The van der Waals surface area contributed by atoms with E-state index >= 15 is 0 Å². The zero-order valence-corrected chi connectivity index (χ0v) is 18.1. The molecule has 0 fully saturated rings. The first-order valence-corrected chi connectivity index (χ1v) is 11.7. The van der Waals surface area contributed by atoms with Gasteiger partial charge >= 0.3 is 0 Å². The predicted octanol–water partition coefficient (Wildman–Crippen LogP) is 5.49. The minimum absolute atomic E-state index is 0.0814. The number of aromatic nitrogens is 1. The summed E-state index contributed by atoms with van der Waals surface area (Å²) in [5.41, 5.74) is 9.52. The lowest BCUT2D eigenvalue weighted by atomic mass is 9.33. The third-order valence-corrected chi connectivity index (χ3v) is 7.66. The molecule has 0 aliphatic carbocycles. The summed E-state index contributed by atoms with van der Waals surface area (Å²) in [6, 6.07) is 34.2. The Morgan fingerprint density at radius 2 is 1.35 bits per heavy atom. The van der Waals surface area contributed by atoms with Crippen molar-refractivity contribution in [2.45, 2.75) is 0 Å². The van der Waals surface area contributed by atoms with Gasteiger partial charge in [-0.2, -0.15) is 0 Å². The monoisotopic (exact) mass is 433 g/mol. The fraction of sp³-hybridized carbons (Fsp3) is 0. The van der Waals surface area contributed by atoms with E-state index in [1.54, 1.807) is 0 Å². The highest BCUT2D eigenvalue weighted by Crippen LogP contribution is 2.45. The number of rotatable bonds is 1. The molecular formula is C30H16BNO2. The first-order valence-electron chi connectivity index (χ1n) is 11.7. The molecule has 5 aromatic carbocycles. The maximum absolute atomic E-state index is 6.76. The van der Waals surface area contributed by atoms with Crippen LogP contribution in [0.2, 0.25) is 0 Å². The fourth-order valence-corrected chi connectivity index (χ4v) is 6.35. The third kappa shape index (κ3) is 1.85. The smallest absolute Gasteiger partial charge is 0.266 e. The van der Waals surface area contributed by atoms with Crippen molar-refractivity contribution >= 4 is 44.9 Å². The van der Waals surface area contributed by atoms with Crippen LogP contribution in [0.5, 0.6) is 23.0 Å². The van der Waals surface area contributed by atoms with Crippen molar-refractivity contribution in [3.8, 4) is 39.8 Å². The van der Waals surface area contributed by atoms with Gasteiger partial charge in [0.1, 0.15) is 23.0 Å². The van der Waals surface area contributed by atoms with E-state index in [0.717, 1.165) is 39.6 Å². The van der Waals surface area contributed by atoms with Gasteiger partial charge in [0, 0.05) is 27.5 Å². The van der Waals surface area contributed by atoms with Crippen molar-refractivity contribution in [3.63, 3.8) is 0 Å². The normalized spacial score (nSPS) is 13.7. The minimum atomic E-state index is 0.0814. The van der Waals surface area contributed by atoms with Gasteiger partial charge in [-0.1, -0.05) is 54.6 Å². The molecule has 0 saturated carbocycles. The lowest BCUT2D eigenvalue weighted by molar-refractivity contribution is 0.465. The minimum Gasteiger partial charge on any atom is -0.458 e. The number of hydrogen-bond acceptors (Lipinski definition) is 2. The topological polar surface area (TPSA) is 23.4 Å². The maximum atomic E-state index is 6.76. The molecule has 0 bridgehead atoms. The van der Waals surface area contributed by atoms with E-state index in [2.05, 4.69) is 95.6 Å². The third-order valence-electron chi connectivity index (χ3n) is 7.66. The van der Waals surface area contributed by atoms with Crippen LogP contribution < -0.4 is 25.9 Å². The van der Waals surface area contributed by atoms with Gasteiger partial charge in [-0.05, 0) is 59.0 Å². The first kappa shape index (κ1) is 17.1. The molecule has 0 spiro atoms. The van der Waals surface area contributed by atoms with Gasteiger partial charge in [-0.25, -0.2) is 0 Å². The largest absolute Gasteiger partial charge is 0.458 e. The van der Waals surface area contributed by atoms with Gasteiger partial charge in [0.05, 0.1) is 11.0 Å². The molecule has 0 N–H and O–H groups in total. The van der Waals surface area contributed by atoms with Crippen molar-refractivity contribution in [1.82, 2.24) is 4.57 Å². The molecule has 3 aliphatic rings. The Morgan fingerprint density at radius 1 is 0.559 bits per heavy atom. The zero-order chi connectivity index (χ0) is 22.0. The van der Waals surface area contributed by atoms with Crippen molar-refractivity contribution in [2.24, 2.45) is 0 Å². The van der Waals surface area contributed by atoms with Crippen LogP contribution in [0.3, 0.4) is 0 Å². The van der Waals surface area contributed by atoms with E-state index in [1.165, 1.54) is 38.4 Å². The van der Waals surface area contributed by atoms with Crippen LogP contribution in [0.15, 0.2) is 97.1 Å². The highest BCUT2D eigenvalue weighted by atomic mass is 16.5. The number of nitrogens with zero attached hydrogens (tertiary/aromatic N) is 1. The van der Waals surface area contributed by atoms with E-state index in [9.17, 15) is 0 Å². The number of ether oxygens (including phenoxy) is 2. The van der Waals surface area contributed by atoms with Gasteiger partial charge in [-0.3, -0.25) is 0 Å². The van der Waals surface area contributed by atoms with E-state index in [0.29, 0.717) is 0 Å². The van der Waals surface area contributed by atoms with Gasteiger partial charge in [0.2, 0.25) is 0 Å². The Bertz CT molecular complexity index is 1870. The lowest BCUT2D eigenvalue weighted by Crippen LogP contribution is -2.60. The van der Waals surface area contributed by atoms with Gasteiger partial charge < -0.3 is 14.0 Å². The highest BCUT2D eigenvalue weighted by molar-refractivity contribution is 7.00. The average molecular weight is 433 g/mol. The molecule has 34 heavy (non-hydrogen) atoms. The van der Waals surface area contributed by atoms with Crippen LogP contribution in [-0.2, 0) is 0 Å². The summed E-state index contributed by atoms with van der Waals surface area (Å²) in [7, 11) is 0. The van der Waals surface area contributed by atoms with Gasteiger partial charge in [0.15, 0.2) is 0 Å². The predicted molar refractivity (Wildman–Crippen MR) is 137 cm³/mol. The summed E-state index contributed by atoms with van der Waals surface area (Å²) in [6.45, 7) is 0.0814. The molecule has 4 heterocycles. The van der Waals surface area contributed by atoms with Crippen LogP contribution in [0.1, 0.15) is 0 Å².